The van der Waals surface area contributed by atoms with E-state index in [0.29, 0.717) is 0 Å². The molecule has 0 radical (unpaired) electrons. The Morgan fingerprint density at radius 3 is 2.85 bits per heavy atom. The van der Waals surface area contributed by atoms with Crippen molar-refractivity contribution in [3.8, 4) is 0 Å². The Bertz CT molecular complexity index is 411. The highest BCUT2D eigenvalue weighted by molar-refractivity contribution is 5.14. The Balaban J connectivity index is 1.53. The average molecular weight is 273 g/mol. The van der Waals surface area contributed by atoms with Crippen LogP contribution in [0.2, 0.25) is 0 Å². The largest absolute Gasteiger partial charge is 0.310 e. The van der Waals surface area contributed by atoms with E-state index in [0.717, 1.165) is 25.2 Å². The molecule has 1 aliphatic heterocycles. The van der Waals surface area contributed by atoms with Crippen LogP contribution in [0.1, 0.15) is 56.7 Å². The van der Waals surface area contributed by atoms with Crippen molar-refractivity contribution in [2.45, 2.75) is 70.6 Å². The van der Waals surface area contributed by atoms with Gasteiger partial charge in [0.1, 0.15) is 0 Å². The molecule has 3 rings (SSSR count). The van der Waals surface area contributed by atoms with Gasteiger partial charge in [0.15, 0.2) is 0 Å². The van der Waals surface area contributed by atoms with E-state index >= 15 is 0 Å². The van der Waals surface area contributed by atoms with Gasteiger partial charge in [-0.05, 0) is 50.3 Å². The summed E-state index contributed by atoms with van der Waals surface area (Å²) in [5, 5.41) is 3.54. The first-order valence-corrected chi connectivity index (χ1v) is 8.26. The molecule has 1 unspecified atom stereocenters. The zero-order chi connectivity index (χ0) is 13.8. The maximum Gasteiger partial charge on any atom is 0.0544 e. The summed E-state index contributed by atoms with van der Waals surface area (Å²) in [6, 6.07) is 5.99. The summed E-state index contributed by atoms with van der Waals surface area (Å²) in [7, 11) is 0. The van der Waals surface area contributed by atoms with Crippen molar-refractivity contribution in [3.05, 3.63) is 29.6 Å². The third-order valence-corrected chi connectivity index (χ3v) is 4.64. The number of hydrogen-bond acceptors (Lipinski definition) is 3. The van der Waals surface area contributed by atoms with Crippen molar-refractivity contribution < 1.29 is 0 Å². The molecular weight excluding hydrogens is 246 g/mol. The average Bonchev–Trinajstić information content (AvgIpc) is 3.31. The van der Waals surface area contributed by atoms with Crippen LogP contribution in [0.4, 0.5) is 0 Å². The Morgan fingerprint density at radius 2 is 2.15 bits per heavy atom. The quantitative estimate of drug-likeness (QED) is 0.863. The van der Waals surface area contributed by atoms with Crippen molar-refractivity contribution in [1.29, 1.82) is 0 Å². The standard InChI is InChI=1S/C17H27N3/c1-2-17-5-3-4-10-20(17)13-16-7-6-14(12-19-16)11-18-15-8-9-15/h6-7,12,15,17-18H,2-5,8-11,13H2,1H3. The molecule has 0 spiro atoms. The summed E-state index contributed by atoms with van der Waals surface area (Å²) in [5.41, 5.74) is 2.53. The van der Waals surface area contributed by atoms with Gasteiger partial charge in [-0.15, -0.1) is 0 Å². The fourth-order valence-electron chi connectivity index (χ4n) is 3.14. The van der Waals surface area contributed by atoms with Crippen LogP contribution >= 0.6 is 0 Å². The highest BCUT2D eigenvalue weighted by Gasteiger charge is 2.21. The van der Waals surface area contributed by atoms with Crippen LogP contribution in [-0.4, -0.2) is 28.5 Å². The Hall–Kier alpha value is -0.930. The van der Waals surface area contributed by atoms with Crippen LogP contribution in [-0.2, 0) is 13.1 Å². The molecule has 0 aromatic carbocycles. The van der Waals surface area contributed by atoms with E-state index in [1.54, 1.807) is 0 Å². The van der Waals surface area contributed by atoms with Gasteiger partial charge in [-0.3, -0.25) is 9.88 Å². The first-order valence-electron chi connectivity index (χ1n) is 8.26. The van der Waals surface area contributed by atoms with E-state index in [4.69, 9.17) is 0 Å². The minimum Gasteiger partial charge on any atom is -0.310 e. The molecule has 1 saturated heterocycles. The van der Waals surface area contributed by atoms with E-state index in [9.17, 15) is 0 Å². The molecule has 1 aromatic rings. The van der Waals surface area contributed by atoms with Gasteiger partial charge in [0.2, 0.25) is 0 Å². The van der Waals surface area contributed by atoms with Gasteiger partial charge in [-0.2, -0.15) is 0 Å². The molecule has 1 aliphatic carbocycles. The molecule has 0 amide bonds. The van der Waals surface area contributed by atoms with Gasteiger partial charge in [0, 0.05) is 31.4 Å². The molecule has 1 aromatic heterocycles. The third kappa shape index (κ3) is 3.80. The Kier molecular flexibility index (Phi) is 4.69. The molecule has 1 N–H and O–H groups in total. The minimum atomic E-state index is 0.766. The third-order valence-electron chi connectivity index (χ3n) is 4.64. The molecule has 1 atom stereocenters. The van der Waals surface area contributed by atoms with Crippen LogP contribution in [0.5, 0.6) is 0 Å². The first kappa shape index (κ1) is 14.0. The maximum atomic E-state index is 4.66. The van der Waals surface area contributed by atoms with Crippen LogP contribution in [0.3, 0.4) is 0 Å². The summed E-state index contributed by atoms with van der Waals surface area (Å²) in [6.07, 6.45) is 10.1. The van der Waals surface area contributed by atoms with Gasteiger partial charge in [-0.1, -0.05) is 19.4 Å². The van der Waals surface area contributed by atoms with Crippen LogP contribution in [0, 0.1) is 0 Å². The number of piperidine rings is 1. The normalized spacial score (nSPS) is 23.9. The molecule has 2 aliphatic rings. The van der Waals surface area contributed by atoms with Gasteiger partial charge >= 0.3 is 0 Å². The highest BCUT2D eigenvalue weighted by Crippen LogP contribution is 2.21. The number of nitrogens with zero attached hydrogens (tertiary/aromatic N) is 2. The number of pyridine rings is 1. The van der Waals surface area contributed by atoms with E-state index in [1.165, 1.54) is 56.3 Å². The predicted octanol–water partition coefficient (Wildman–Crippen LogP) is 3.10. The minimum absolute atomic E-state index is 0.766. The number of aromatic nitrogens is 1. The SMILES string of the molecule is CCC1CCCCN1Cc1ccc(CNC2CC2)cn1. The molecule has 2 fully saturated rings. The number of hydrogen-bond donors (Lipinski definition) is 1. The number of rotatable bonds is 6. The highest BCUT2D eigenvalue weighted by atomic mass is 15.2. The lowest BCUT2D eigenvalue weighted by Gasteiger charge is -2.34. The molecule has 3 nitrogen and oxygen atoms in total. The molecular formula is C17H27N3. The molecule has 1 saturated carbocycles. The smallest absolute Gasteiger partial charge is 0.0544 e. The van der Waals surface area contributed by atoms with Crippen LogP contribution in [0.25, 0.3) is 0 Å². The summed E-state index contributed by atoms with van der Waals surface area (Å²) in [4.78, 5) is 7.28. The Morgan fingerprint density at radius 1 is 1.25 bits per heavy atom. The van der Waals surface area contributed by atoms with E-state index in [1.807, 2.05) is 0 Å². The molecule has 20 heavy (non-hydrogen) atoms. The lowest BCUT2D eigenvalue weighted by Crippen LogP contribution is -2.38. The topological polar surface area (TPSA) is 28.2 Å². The molecule has 110 valence electrons. The van der Waals surface area contributed by atoms with Crippen molar-refractivity contribution in [2.24, 2.45) is 0 Å². The van der Waals surface area contributed by atoms with Gasteiger partial charge in [0.05, 0.1) is 5.69 Å². The van der Waals surface area contributed by atoms with Crippen molar-refractivity contribution in [2.75, 3.05) is 6.54 Å². The monoisotopic (exact) mass is 273 g/mol. The number of likely N-dealkylation sites (tertiary alicyclic amines) is 1. The molecule has 2 heterocycles. The summed E-state index contributed by atoms with van der Waals surface area (Å²) < 4.78 is 0. The fourth-order valence-corrected chi connectivity index (χ4v) is 3.14. The number of nitrogens with one attached hydrogen (secondary N) is 1. The van der Waals surface area contributed by atoms with Crippen molar-refractivity contribution in [1.82, 2.24) is 15.2 Å². The maximum absolute atomic E-state index is 4.66. The molecule has 0 bridgehead atoms. The van der Waals surface area contributed by atoms with Crippen LogP contribution in [0.15, 0.2) is 18.3 Å². The second-order valence-corrected chi connectivity index (χ2v) is 6.34. The van der Waals surface area contributed by atoms with Gasteiger partial charge in [-0.25, -0.2) is 0 Å². The lowest BCUT2D eigenvalue weighted by molar-refractivity contribution is 0.134. The van der Waals surface area contributed by atoms with Crippen molar-refractivity contribution >= 4 is 0 Å². The summed E-state index contributed by atoms with van der Waals surface area (Å²) >= 11 is 0. The van der Waals surface area contributed by atoms with E-state index < -0.39 is 0 Å². The lowest BCUT2D eigenvalue weighted by atomic mass is 10.00. The van der Waals surface area contributed by atoms with E-state index in [2.05, 4.69) is 40.5 Å². The summed E-state index contributed by atoms with van der Waals surface area (Å²) in [5.74, 6) is 0. The second kappa shape index (κ2) is 6.68. The van der Waals surface area contributed by atoms with Crippen molar-refractivity contribution in [3.63, 3.8) is 0 Å². The zero-order valence-electron chi connectivity index (χ0n) is 12.6. The fraction of sp³-hybridized carbons (Fsp3) is 0.706. The van der Waals surface area contributed by atoms with E-state index in [-0.39, 0.29) is 0 Å². The van der Waals surface area contributed by atoms with Gasteiger partial charge < -0.3 is 5.32 Å². The predicted molar refractivity (Wildman–Crippen MR) is 82.4 cm³/mol. The first-order chi connectivity index (χ1) is 9.85. The second-order valence-electron chi connectivity index (χ2n) is 6.34. The zero-order valence-corrected chi connectivity index (χ0v) is 12.6. The Labute approximate surface area is 122 Å². The summed E-state index contributed by atoms with van der Waals surface area (Å²) in [6.45, 7) is 5.54. The van der Waals surface area contributed by atoms with Crippen LogP contribution < -0.4 is 5.32 Å². The molecule has 3 heteroatoms. The van der Waals surface area contributed by atoms with Gasteiger partial charge in [0.25, 0.3) is 0 Å².